The van der Waals surface area contributed by atoms with Gasteiger partial charge in [-0.25, -0.2) is 0 Å². The largest absolute Gasteiger partial charge is 0.493 e. The number of amidine groups is 1. The van der Waals surface area contributed by atoms with Crippen molar-refractivity contribution in [2.24, 2.45) is 5.73 Å². The number of hydrogen-bond acceptors (Lipinski definition) is 3. The van der Waals surface area contributed by atoms with Crippen molar-refractivity contribution in [1.29, 1.82) is 5.41 Å². The van der Waals surface area contributed by atoms with Crippen molar-refractivity contribution in [2.45, 2.75) is 6.92 Å². The maximum atomic E-state index is 11.4. The molecule has 0 saturated carbocycles. The number of hydrogen-bond donors (Lipinski definition) is 2. The standard InChI is InChI=1S/C10H12N2O2/c1-2-14-8-6-4-3-5-7(8)9(13)10(11)12/h3-6H,2H2,1H3,(H3,11,12). The van der Waals surface area contributed by atoms with Gasteiger partial charge in [0.2, 0.25) is 5.78 Å². The van der Waals surface area contributed by atoms with E-state index in [-0.39, 0.29) is 0 Å². The highest BCUT2D eigenvalue weighted by atomic mass is 16.5. The van der Waals surface area contributed by atoms with Gasteiger partial charge in [0.15, 0.2) is 5.84 Å². The van der Waals surface area contributed by atoms with E-state index in [4.69, 9.17) is 15.9 Å². The summed E-state index contributed by atoms with van der Waals surface area (Å²) in [5, 5.41) is 7.04. The third kappa shape index (κ3) is 2.10. The van der Waals surface area contributed by atoms with Crippen LogP contribution in [-0.2, 0) is 0 Å². The molecule has 14 heavy (non-hydrogen) atoms. The molecular weight excluding hydrogens is 180 g/mol. The first kappa shape index (κ1) is 10.2. The molecule has 0 unspecified atom stereocenters. The van der Waals surface area contributed by atoms with Crippen molar-refractivity contribution < 1.29 is 9.53 Å². The highest BCUT2D eigenvalue weighted by Gasteiger charge is 2.13. The summed E-state index contributed by atoms with van der Waals surface area (Å²) >= 11 is 0. The molecule has 1 aromatic rings. The number of carbonyl (C=O) groups excluding carboxylic acids is 1. The zero-order chi connectivity index (χ0) is 10.6. The van der Waals surface area contributed by atoms with Gasteiger partial charge in [-0.1, -0.05) is 12.1 Å². The van der Waals surface area contributed by atoms with Crippen LogP contribution in [0.2, 0.25) is 0 Å². The van der Waals surface area contributed by atoms with E-state index in [9.17, 15) is 4.79 Å². The van der Waals surface area contributed by atoms with E-state index in [1.807, 2.05) is 6.92 Å². The number of para-hydroxylation sites is 1. The van der Waals surface area contributed by atoms with E-state index in [1.54, 1.807) is 24.3 Å². The van der Waals surface area contributed by atoms with Gasteiger partial charge in [0, 0.05) is 0 Å². The number of rotatable bonds is 4. The summed E-state index contributed by atoms with van der Waals surface area (Å²) in [5.41, 5.74) is 5.45. The van der Waals surface area contributed by atoms with Gasteiger partial charge in [0.1, 0.15) is 5.75 Å². The van der Waals surface area contributed by atoms with Crippen molar-refractivity contribution in [3.05, 3.63) is 29.8 Å². The Morgan fingerprint density at radius 2 is 2.14 bits per heavy atom. The van der Waals surface area contributed by atoms with Gasteiger partial charge < -0.3 is 10.5 Å². The zero-order valence-corrected chi connectivity index (χ0v) is 7.91. The minimum atomic E-state index is -0.506. The Labute approximate surface area is 82.2 Å². The average molecular weight is 192 g/mol. The van der Waals surface area contributed by atoms with Crippen LogP contribution in [0.1, 0.15) is 17.3 Å². The fourth-order valence-corrected chi connectivity index (χ4v) is 1.08. The molecule has 0 heterocycles. The second-order valence-electron chi connectivity index (χ2n) is 2.67. The molecule has 0 aliphatic carbocycles. The first-order valence-electron chi connectivity index (χ1n) is 4.27. The summed E-state index contributed by atoms with van der Waals surface area (Å²) < 4.78 is 5.24. The third-order valence-corrected chi connectivity index (χ3v) is 1.68. The van der Waals surface area contributed by atoms with Crippen LogP contribution < -0.4 is 10.5 Å². The SMILES string of the molecule is CCOc1ccccc1C(=O)C(=N)N. The molecule has 0 saturated heterocycles. The Balaban J connectivity index is 3.06. The predicted molar refractivity (Wildman–Crippen MR) is 53.9 cm³/mol. The minimum absolute atomic E-state index is 0.335. The monoisotopic (exact) mass is 192 g/mol. The van der Waals surface area contributed by atoms with Crippen molar-refractivity contribution >= 4 is 11.6 Å². The molecule has 1 aromatic carbocycles. The summed E-state index contributed by atoms with van der Waals surface area (Å²) in [4.78, 5) is 11.4. The van der Waals surface area contributed by atoms with Crippen LogP contribution in [0.4, 0.5) is 0 Å². The smallest absolute Gasteiger partial charge is 0.230 e. The van der Waals surface area contributed by atoms with Gasteiger partial charge in [-0.05, 0) is 19.1 Å². The Bertz CT molecular complexity index is 361. The highest BCUT2D eigenvalue weighted by molar-refractivity contribution is 6.44. The van der Waals surface area contributed by atoms with E-state index in [1.165, 1.54) is 0 Å². The molecule has 0 bridgehead atoms. The highest BCUT2D eigenvalue weighted by Crippen LogP contribution is 2.18. The molecule has 0 spiro atoms. The van der Waals surface area contributed by atoms with Crippen LogP contribution in [-0.4, -0.2) is 18.2 Å². The van der Waals surface area contributed by atoms with Gasteiger partial charge >= 0.3 is 0 Å². The topological polar surface area (TPSA) is 76.2 Å². The molecule has 4 heteroatoms. The van der Waals surface area contributed by atoms with E-state index in [0.717, 1.165) is 0 Å². The van der Waals surface area contributed by atoms with Gasteiger partial charge in [0.05, 0.1) is 12.2 Å². The maximum Gasteiger partial charge on any atom is 0.230 e. The Morgan fingerprint density at radius 3 is 2.71 bits per heavy atom. The number of nitrogens with two attached hydrogens (primary N) is 1. The van der Waals surface area contributed by atoms with E-state index >= 15 is 0 Å². The van der Waals surface area contributed by atoms with Crippen LogP contribution >= 0.6 is 0 Å². The van der Waals surface area contributed by atoms with E-state index in [2.05, 4.69) is 0 Å². The molecular formula is C10H12N2O2. The number of carbonyl (C=O) groups is 1. The summed E-state index contributed by atoms with van der Waals surface area (Å²) in [6.07, 6.45) is 0. The van der Waals surface area contributed by atoms with Crippen LogP contribution in [0.15, 0.2) is 24.3 Å². The molecule has 4 nitrogen and oxygen atoms in total. The number of nitrogens with one attached hydrogen (secondary N) is 1. The fourth-order valence-electron chi connectivity index (χ4n) is 1.08. The van der Waals surface area contributed by atoms with E-state index in [0.29, 0.717) is 17.9 Å². The minimum Gasteiger partial charge on any atom is -0.493 e. The molecule has 0 fully saturated rings. The van der Waals surface area contributed by atoms with E-state index < -0.39 is 11.6 Å². The zero-order valence-electron chi connectivity index (χ0n) is 7.91. The van der Waals surface area contributed by atoms with Gasteiger partial charge in [-0.3, -0.25) is 10.2 Å². The van der Waals surface area contributed by atoms with Gasteiger partial charge in [0.25, 0.3) is 0 Å². The van der Waals surface area contributed by atoms with Gasteiger partial charge in [-0.15, -0.1) is 0 Å². The lowest BCUT2D eigenvalue weighted by Gasteiger charge is -2.07. The molecule has 0 amide bonds. The Hall–Kier alpha value is -1.84. The molecule has 0 aliphatic rings. The van der Waals surface area contributed by atoms with Crippen LogP contribution in [0.5, 0.6) is 5.75 Å². The Kier molecular flexibility index (Phi) is 3.23. The van der Waals surface area contributed by atoms with Crippen molar-refractivity contribution in [3.63, 3.8) is 0 Å². The van der Waals surface area contributed by atoms with Crippen molar-refractivity contribution in [2.75, 3.05) is 6.61 Å². The lowest BCUT2D eigenvalue weighted by molar-refractivity contribution is 0.106. The maximum absolute atomic E-state index is 11.4. The fraction of sp³-hybridized carbons (Fsp3) is 0.200. The van der Waals surface area contributed by atoms with Gasteiger partial charge in [-0.2, -0.15) is 0 Å². The summed E-state index contributed by atoms with van der Waals surface area (Å²) in [7, 11) is 0. The van der Waals surface area contributed by atoms with Crippen molar-refractivity contribution in [3.8, 4) is 5.75 Å². The number of benzene rings is 1. The second-order valence-corrected chi connectivity index (χ2v) is 2.67. The molecule has 0 atom stereocenters. The molecule has 1 rings (SSSR count). The third-order valence-electron chi connectivity index (χ3n) is 1.68. The molecule has 74 valence electrons. The Morgan fingerprint density at radius 1 is 1.50 bits per heavy atom. The number of ketones is 1. The number of ether oxygens (including phenoxy) is 1. The summed E-state index contributed by atoms with van der Waals surface area (Å²) in [5.74, 6) is -0.513. The second kappa shape index (κ2) is 4.41. The molecule has 0 radical (unpaired) electrons. The van der Waals surface area contributed by atoms with Crippen LogP contribution in [0.25, 0.3) is 0 Å². The first-order valence-corrected chi connectivity index (χ1v) is 4.27. The molecule has 3 N–H and O–H groups in total. The summed E-state index contributed by atoms with van der Waals surface area (Å²) in [6, 6.07) is 6.75. The lowest BCUT2D eigenvalue weighted by Crippen LogP contribution is -2.22. The molecule has 0 aliphatic heterocycles. The number of Topliss-reactive ketones (excluding diaryl/α,β-unsaturated/α-hetero) is 1. The normalized spacial score (nSPS) is 9.50. The summed E-state index contributed by atoms with van der Waals surface area (Å²) in [6.45, 7) is 2.30. The quantitative estimate of drug-likeness (QED) is 0.427. The van der Waals surface area contributed by atoms with Crippen LogP contribution in [0.3, 0.4) is 0 Å². The van der Waals surface area contributed by atoms with Crippen LogP contribution in [0, 0.1) is 5.41 Å². The van der Waals surface area contributed by atoms with Crippen molar-refractivity contribution in [1.82, 2.24) is 0 Å². The lowest BCUT2D eigenvalue weighted by atomic mass is 10.1. The molecule has 0 aromatic heterocycles. The average Bonchev–Trinajstić information content (AvgIpc) is 2.18. The first-order chi connectivity index (χ1) is 6.66. The predicted octanol–water partition coefficient (Wildman–Crippen LogP) is 1.20.